The Morgan fingerprint density at radius 1 is 1.32 bits per heavy atom. The summed E-state index contributed by atoms with van der Waals surface area (Å²) in [4.78, 5) is 13.4. The minimum atomic E-state index is -3.61. The van der Waals surface area contributed by atoms with E-state index in [0.717, 1.165) is 0 Å². The molecule has 1 saturated heterocycles. The van der Waals surface area contributed by atoms with Crippen LogP contribution in [0, 0.1) is 5.92 Å². The Bertz CT molecular complexity index is 618. The molecule has 1 heterocycles. The van der Waals surface area contributed by atoms with Crippen molar-refractivity contribution < 1.29 is 13.2 Å². The van der Waals surface area contributed by atoms with Gasteiger partial charge in [-0.05, 0) is 18.2 Å². The highest BCUT2D eigenvalue weighted by molar-refractivity contribution is 8.13. The largest absolute Gasteiger partial charge is 0.311 e. The summed E-state index contributed by atoms with van der Waals surface area (Å²) in [5, 5.41) is 0.829. The van der Waals surface area contributed by atoms with Crippen molar-refractivity contribution in [3.63, 3.8) is 0 Å². The number of rotatable bonds is 3. The smallest absolute Gasteiger partial charge is 0.232 e. The van der Waals surface area contributed by atoms with Crippen molar-refractivity contribution in [2.24, 2.45) is 5.92 Å². The molecule has 1 aliphatic rings. The van der Waals surface area contributed by atoms with Gasteiger partial charge in [0.05, 0.1) is 16.5 Å². The highest BCUT2D eigenvalue weighted by Crippen LogP contribution is 2.33. The van der Waals surface area contributed by atoms with Crippen LogP contribution >= 0.6 is 33.9 Å². The maximum atomic E-state index is 11.9. The van der Waals surface area contributed by atoms with Crippen LogP contribution in [-0.4, -0.2) is 26.6 Å². The third-order valence-electron chi connectivity index (χ3n) is 2.84. The maximum absolute atomic E-state index is 11.9. The van der Waals surface area contributed by atoms with E-state index >= 15 is 0 Å². The van der Waals surface area contributed by atoms with Gasteiger partial charge in [0.25, 0.3) is 0 Å². The number of nitrogens with zero attached hydrogens (tertiary/aromatic N) is 1. The number of halogens is 3. The average molecular weight is 343 g/mol. The van der Waals surface area contributed by atoms with Crippen LogP contribution in [0.4, 0.5) is 5.69 Å². The Hall–Kier alpha value is -0.490. The molecule has 1 amide bonds. The second-order valence-corrected chi connectivity index (χ2v) is 8.04. The predicted molar refractivity (Wildman–Crippen MR) is 76.6 cm³/mol. The second-order valence-electron chi connectivity index (χ2n) is 4.38. The molecule has 1 aliphatic heterocycles. The summed E-state index contributed by atoms with van der Waals surface area (Å²) in [6, 6.07) is 4.80. The van der Waals surface area contributed by atoms with Crippen LogP contribution in [-0.2, 0) is 13.8 Å². The van der Waals surface area contributed by atoms with E-state index in [1.54, 1.807) is 12.1 Å². The lowest BCUT2D eigenvalue weighted by molar-refractivity contribution is -0.117. The molecule has 2 rings (SSSR count). The molecule has 19 heavy (non-hydrogen) atoms. The van der Waals surface area contributed by atoms with E-state index in [1.807, 2.05) is 0 Å². The average Bonchev–Trinajstić information content (AvgIpc) is 2.56. The number of carbonyl (C=O) groups excluding carboxylic acids is 1. The lowest BCUT2D eigenvalue weighted by atomic mass is 10.1. The van der Waals surface area contributed by atoms with Gasteiger partial charge in [-0.25, -0.2) is 8.42 Å². The van der Waals surface area contributed by atoms with Crippen LogP contribution < -0.4 is 4.90 Å². The van der Waals surface area contributed by atoms with E-state index in [1.165, 1.54) is 11.0 Å². The van der Waals surface area contributed by atoms with Crippen LogP contribution in [0.5, 0.6) is 0 Å². The molecule has 0 saturated carbocycles. The normalized spacial score (nSPS) is 20.1. The van der Waals surface area contributed by atoms with Crippen molar-refractivity contribution in [3.8, 4) is 0 Å². The molecule has 0 aromatic heterocycles. The van der Waals surface area contributed by atoms with Gasteiger partial charge in [0.15, 0.2) is 0 Å². The first-order chi connectivity index (χ1) is 8.76. The minimum absolute atomic E-state index is 0.144. The van der Waals surface area contributed by atoms with E-state index < -0.39 is 9.05 Å². The van der Waals surface area contributed by atoms with E-state index in [0.29, 0.717) is 15.7 Å². The molecule has 0 N–H and O–H groups in total. The van der Waals surface area contributed by atoms with Crippen LogP contribution in [0.15, 0.2) is 18.2 Å². The van der Waals surface area contributed by atoms with Crippen LogP contribution in [0.3, 0.4) is 0 Å². The number of hydrogen-bond donors (Lipinski definition) is 0. The van der Waals surface area contributed by atoms with Crippen molar-refractivity contribution in [2.45, 2.75) is 6.42 Å². The third-order valence-corrected chi connectivity index (χ3v) is 4.63. The first-order valence-corrected chi connectivity index (χ1v) is 8.67. The molecule has 0 spiro atoms. The van der Waals surface area contributed by atoms with Gasteiger partial charge in [0.2, 0.25) is 15.0 Å². The van der Waals surface area contributed by atoms with Gasteiger partial charge in [0, 0.05) is 34.6 Å². The van der Waals surface area contributed by atoms with E-state index in [9.17, 15) is 13.2 Å². The van der Waals surface area contributed by atoms with E-state index in [2.05, 4.69) is 0 Å². The zero-order valence-corrected chi connectivity index (χ0v) is 12.7. The van der Waals surface area contributed by atoms with Gasteiger partial charge < -0.3 is 4.90 Å². The zero-order chi connectivity index (χ0) is 14.2. The molecule has 1 unspecified atom stereocenters. The monoisotopic (exact) mass is 341 g/mol. The Labute approximate surface area is 125 Å². The number of amides is 1. The Morgan fingerprint density at radius 2 is 2.00 bits per heavy atom. The molecular formula is C11H10Cl3NO3S. The SMILES string of the molecule is O=C1CC(CS(=O)(=O)Cl)CN1c1ccc(Cl)cc1Cl. The second kappa shape index (κ2) is 5.48. The van der Waals surface area contributed by atoms with Gasteiger partial charge >= 0.3 is 0 Å². The molecule has 0 bridgehead atoms. The zero-order valence-electron chi connectivity index (χ0n) is 9.64. The minimum Gasteiger partial charge on any atom is -0.311 e. The molecule has 8 heteroatoms. The maximum Gasteiger partial charge on any atom is 0.232 e. The van der Waals surface area contributed by atoms with E-state index in [-0.39, 0.29) is 30.5 Å². The lowest BCUT2D eigenvalue weighted by Gasteiger charge is -2.18. The van der Waals surface area contributed by atoms with Crippen LogP contribution in [0.25, 0.3) is 0 Å². The molecule has 1 atom stereocenters. The summed E-state index contributed by atoms with van der Waals surface area (Å²) in [5.74, 6) is -0.710. The van der Waals surface area contributed by atoms with Gasteiger partial charge in [-0.3, -0.25) is 4.79 Å². The number of hydrogen-bond acceptors (Lipinski definition) is 3. The van der Waals surface area contributed by atoms with Gasteiger partial charge in [-0.2, -0.15) is 0 Å². The molecule has 1 aromatic carbocycles. The molecule has 104 valence electrons. The summed E-state index contributed by atoms with van der Waals surface area (Å²) < 4.78 is 22.1. The topological polar surface area (TPSA) is 54.5 Å². The third kappa shape index (κ3) is 3.75. The number of anilines is 1. The van der Waals surface area contributed by atoms with Crippen LogP contribution in [0.2, 0.25) is 10.0 Å². The summed E-state index contributed by atoms with van der Waals surface area (Å²) in [6.07, 6.45) is 0.144. The molecule has 0 aliphatic carbocycles. The molecular weight excluding hydrogens is 333 g/mol. The molecule has 1 aromatic rings. The summed E-state index contributed by atoms with van der Waals surface area (Å²) in [6.45, 7) is 0.284. The summed E-state index contributed by atoms with van der Waals surface area (Å²) >= 11 is 11.8. The van der Waals surface area contributed by atoms with Gasteiger partial charge in [-0.15, -0.1) is 0 Å². The summed E-state index contributed by atoms with van der Waals surface area (Å²) in [5.41, 5.74) is 0.533. The van der Waals surface area contributed by atoms with E-state index in [4.69, 9.17) is 33.9 Å². The summed E-state index contributed by atoms with van der Waals surface area (Å²) in [7, 11) is 1.59. The van der Waals surface area contributed by atoms with Crippen LogP contribution in [0.1, 0.15) is 6.42 Å². The van der Waals surface area contributed by atoms with Gasteiger partial charge in [0.1, 0.15) is 0 Å². The van der Waals surface area contributed by atoms with Crippen molar-refractivity contribution >= 4 is 54.5 Å². The van der Waals surface area contributed by atoms with Crippen molar-refractivity contribution in [1.82, 2.24) is 0 Å². The predicted octanol–water partition coefficient (Wildman–Crippen LogP) is 2.91. The van der Waals surface area contributed by atoms with Crippen molar-refractivity contribution in [2.75, 3.05) is 17.2 Å². The standard InChI is InChI=1S/C11H10Cl3NO3S/c12-8-1-2-10(9(13)4-8)15-5-7(3-11(15)16)6-19(14,17)18/h1-2,4,7H,3,5-6H2. The first kappa shape index (κ1) is 14.9. The Kier molecular flexibility index (Phi) is 4.30. The highest BCUT2D eigenvalue weighted by atomic mass is 35.7. The Balaban J connectivity index is 2.20. The molecule has 1 fully saturated rings. The fraction of sp³-hybridized carbons (Fsp3) is 0.364. The lowest BCUT2D eigenvalue weighted by Crippen LogP contribution is -2.25. The van der Waals surface area contributed by atoms with Gasteiger partial charge in [-0.1, -0.05) is 23.2 Å². The quantitative estimate of drug-likeness (QED) is 0.794. The highest BCUT2D eigenvalue weighted by Gasteiger charge is 2.33. The molecule has 0 radical (unpaired) electrons. The number of benzene rings is 1. The number of carbonyl (C=O) groups is 1. The Morgan fingerprint density at radius 3 is 2.58 bits per heavy atom. The first-order valence-electron chi connectivity index (χ1n) is 5.44. The fourth-order valence-corrected chi connectivity index (χ4v) is 3.94. The molecule has 4 nitrogen and oxygen atoms in total. The fourth-order valence-electron chi connectivity index (χ4n) is 2.11. The van der Waals surface area contributed by atoms with Crippen molar-refractivity contribution in [1.29, 1.82) is 0 Å². The van der Waals surface area contributed by atoms with Crippen molar-refractivity contribution in [3.05, 3.63) is 28.2 Å².